The van der Waals surface area contributed by atoms with E-state index in [0.717, 1.165) is 32.6 Å². The molecule has 1 amide bonds. The molecule has 0 aliphatic heterocycles. The third kappa shape index (κ3) is 6.12. The molecule has 0 aliphatic rings. The number of carbonyl (C=O) groups is 1. The van der Waals surface area contributed by atoms with Gasteiger partial charge < -0.3 is 5.32 Å². The van der Waals surface area contributed by atoms with Crippen LogP contribution in [0.15, 0.2) is 112 Å². The minimum absolute atomic E-state index is 0.223. The molecule has 0 spiro atoms. The molecule has 1 heterocycles. The molecular weight excluding hydrogens is 560 g/mol. The van der Waals surface area contributed by atoms with Crippen LogP contribution in [0, 0.1) is 0 Å². The maximum absolute atomic E-state index is 12.8. The topological polar surface area (TPSA) is 84.2 Å². The number of halogens is 1. The Morgan fingerprint density at radius 1 is 1.00 bits per heavy atom. The van der Waals surface area contributed by atoms with Gasteiger partial charge in [0.05, 0.1) is 18.0 Å². The standard InChI is InChI=1S/C29H25BrN6OS/c1-20(28(37)34-32-18-21-9-7-12-23(30)17-21)38-29-35-33-27(36(29)24-13-3-2-4-14-24)19-31-26-16-8-11-22-10-5-6-15-25(22)26/h2-18,20,31H,19H2,1H3,(H,34,37)/b32-18-/t20-/m1/s1. The van der Waals surface area contributed by atoms with Gasteiger partial charge in [0.25, 0.3) is 5.91 Å². The highest BCUT2D eigenvalue weighted by Crippen LogP contribution is 2.27. The molecule has 1 aromatic heterocycles. The Bertz CT molecular complexity index is 1580. The summed E-state index contributed by atoms with van der Waals surface area (Å²) in [5.41, 5.74) is 5.46. The number of nitrogens with one attached hydrogen (secondary N) is 2. The van der Waals surface area contributed by atoms with Crippen LogP contribution >= 0.6 is 27.7 Å². The minimum Gasteiger partial charge on any atom is -0.377 e. The lowest BCUT2D eigenvalue weighted by Gasteiger charge is -2.14. The van der Waals surface area contributed by atoms with E-state index in [1.165, 1.54) is 17.1 Å². The van der Waals surface area contributed by atoms with E-state index >= 15 is 0 Å². The van der Waals surface area contributed by atoms with Crippen LogP contribution in [0.25, 0.3) is 16.5 Å². The number of nitrogens with zero attached hydrogens (tertiary/aromatic N) is 4. The number of amides is 1. The number of aromatic nitrogens is 3. The molecule has 0 fully saturated rings. The van der Waals surface area contributed by atoms with Gasteiger partial charge in [-0.05, 0) is 48.2 Å². The minimum atomic E-state index is -0.444. The number of hydrazone groups is 1. The fourth-order valence-electron chi connectivity index (χ4n) is 3.94. The van der Waals surface area contributed by atoms with E-state index in [4.69, 9.17) is 0 Å². The molecular formula is C29H25BrN6OS. The summed E-state index contributed by atoms with van der Waals surface area (Å²) in [5.74, 6) is 0.520. The maximum Gasteiger partial charge on any atom is 0.253 e. The van der Waals surface area contributed by atoms with Gasteiger partial charge in [-0.2, -0.15) is 5.10 Å². The zero-order chi connectivity index (χ0) is 26.3. The van der Waals surface area contributed by atoms with Crippen molar-refractivity contribution in [2.45, 2.75) is 23.9 Å². The van der Waals surface area contributed by atoms with Crippen LogP contribution in [0.4, 0.5) is 5.69 Å². The predicted octanol–water partition coefficient (Wildman–Crippen LogP) is 6.43. The predicted molar refractivity (Wildman–Crippen MR) is 158 cm³/mol. The number of para-hydroxylation sites is 1. The van der Waals surface area contributed by atoms with Crippen molar-refractivity contribution < 1.29 is 4.79 Å². The fraction of sp³-hybridized carbons (Fsp3) is 0.103. The second-order valence-electron chi connectivity index (χ2n) is 8.50. The largest absolute Gasteiger partial charge is 0.377 e. The van der Waals surface area contributed by atoms with E-state index in [1.807, 2.05) is 84.3 Å². The van der Waals surface area contributed by atoms with Crippen molar-refractivity contribution >= 4 is 56.3 Å². The molecule has 0 unspecified atom stereocenters. The maximum atomic E-state index is 12.8. The highest BCUT2D eigenvalue weighted by molar-refractivity contribution is 9.10. The van der Waals surface area contributed by atoms with Gasteiger partial charge >= 0.3 is 0 Å². The van der Waals surface area contributed by atoms with E-state index in [-0.39, 0.29) is 5.91 Å². The Hall–Kier alpha value is -3.95. The molecule has 7 nitrogen and oxygen atoms in total. The molecule has 2 N–H and O–H groups in total. The Kier molecular flexibility index (Phi) is 8.15. The Labute approximate surface area is 233 Å². The third-order valence-corrected chi connectivity index (χ3v) is 7.37. The lowest BCUT2D eigenvalue weighted by molar-refractivity contribution is -0.120. The number of thioether (sulfide) groups is 1. The first-order chi connectivity index (χ1) is 18.6. The average molecular weight is 586 g/mol. The van der Waals surface area contributed by atoms with Gasteiger partial charge in [-0.1, -0.05) is 94.4 Å². The Balaban J connectivity index is 1.33. The normalized spacial score (nSPS) is 12.1. The van der Waals surface area contributed by atoms with Crippen LogP contribution in [0.3, 0.4) is 0 Å². The summed E-state index contributed by atoms with van der Waals surface area (Å²) in [6.07, 6.45) is 1.61. The highest BCUT2D eigenvalue weighted by atomic mass is 79.9. The number of anilines is 1. The zero-order valence-electron chi connectivity index (χ0n) is 20.6. The fourth-order valence-corrected chi connectivity index (χ4v) is 5.24. The van der Waals surface area contributed by atoms with Crippen LogP contribution in [0.2, 0.25) is 0 Å². The van der Waals surface area contributed by atoms with Crippen LogP contribution in [0.1, 0.15) is 18.3 Å². The van der Waals surface area contributed by atoms with Crippen molar-refractivity contribution in [3.63, 3.8) is 0 Å². The molecule has 0 saturated carbocycles. The molecule has 0 radical (unpaired) electrons. The molecule has 0 saturated heterocycles. The summed E-state index contributed by atoms with van der Waals surface area (Å²) in [6.45, 7) is 2.29. The number of fused-ring (bicyclic) bond motifs is 1. The first-order valence-corrected chi connectivity index (χ1v) is 13.7. The average Bonchev–Trinajstić information content (AvgIpc) is 3.34. The Morgan fingerprint density at radius 3 is 2.61 bits per heavy atom. The number of hydrogen-bond donors (Lipinski definition) is 2. The quantitative estimate of drug-likeness (QED) is 0.118. The summed E-state index contributed by atoms with van der Waals surface area (Å²) >= 11 is 4.77. The van der Waals surface area contributed by atoms with Gasteiger partial charge in [0.1, 0.15) is 0 Å². The van der Waals surface area contributed by atoms with Crippen molar-refractivity contribution in [3.05, 3.63) is 113 Å². The van der Waals surface area contributed by atoms with Gasteiger partial charge in [0, 0.05) is 21.2 Å². The van der Waals surface area contributed by atoms with Crippen LogP contribution in [0.5, 0.6) is 0 Å². The third-order valence-electron chi connectivity index (χ3n) is 5.83. The van der Waals surface area contributed by atoms with E-state index < -0.39 is 5.25 Å². The number of rotatable bonds is 9. The first kappa shape index (κ1) is 25.7. The van der Waals surface area contributed by atoms with Gasteiger partial charge in [0.2, 0.25) is 0 Å². The number of hydrogen-bond acceptors (Lipinski definition) is 6. The van der Waals surface area contributed by atoms with Crippen molar-refractivity contribution in [2.24, 2.45) is 5.10 Å². The van der Waals surface area contributed by atoms with Crippen molar-refractivity contribution in [3.8, 4) is 5.69 Å². The molecule has 0 bridgehead atoms. The van der Waals surface area contributed by atoms with Crippen LogP contribution in [-0.2, 0) is 11.3 Å². The molecule has 0 aliphatic carbocycles. The van der Waals surface area contributed by atoms with Crippen LogP contribution < -0.4 is 10.7 Å². The second kappa shape index (κ2) is 12.1. The first-order valence-electron chi connectivity index (χ1n) is 12.0. The van der Waals surface area contributed by atoms with Gasteiger partial charge in [-0.15, -0.1) is 10.2 Å². The lowest BCUT2D eigenvalue weighted by Crippen LogP contribution is -2.27. The highest BCUT2D eigenvalue weighted by Gasteiger charge is 2.21. The van der Waals surface area contributed by atoms with Gasteiger partial charge in [0.15, 0.2) is 11.0 Å². The SMILES string of the molecule is C[C@@H](Sc1nnc(CNc2cccc3ccccc23)n1-c1ccccc1)C(=O)N/N=C\c1cccc(Br)c1. The van der Waals surface area contributed by atoms with E-state index in [9.17, 15) is 4.79 Å². The number of carbonyl (C=O) groups excluding carboxylic acids is 1. The molecule has 9 heteroatoms. The summed E-state index contributed by atoms with van der Waals surface area (Å²) in [6, 6.07) is 32.0. The lowest BCUT2D eigenvalue weighted by atomic mass is 10.1. The molecule has 190 valence electrons. The summed E-state index contributed by atoms with van der Waals surface area (Å²) in [7, 11) is 0. The molecule has 1 atom stereocenters. The molecule has 5 rings (SSSR count). The van der Waals surface area contributed by atoms with Crippen molar-refractivity contribution in [1.29, 1.82) is 0 Å². The van der Waals surface area contributed by atoms with Gasteiger partial charge in [-0.25, -0.2) is 5.43 Å². The van der Waals surface area contributed by atoms with Gasteiger partial charge in [-0.3, -0.25) is 9.36 Å². The summed E-state index contributed by atoms with van der Waals surface area (Å²) < 4.78 is 2.93. The molecule has 5 aromatic rings. The van der Waals surface area contributed by atoms with E-state index in [1.54, 1.807) is 6.21 Å². The molecule has 38 heavy (non-hydrogen) atoms. The zero-order valence-corrected chi connectivity index (χ0v) is 23.0. The van der Waals surface area contributed by atoms with E-state index in [0.29, 0.717) is 11.7 Å². The van der Waals surface area contributed by atoms with Crippen molar-refractivity contribution in [2.75, 3.05) is 5.32 Å². The van der Waals surface area contributed by atoms with Crippen molar-refractivity contribution in [1.82, 2.24) is 20.2 Å². The smallest absolute Gasteiger partial charge is 0.253 e. The van der Waals surface area contributed by atoms with E-state index in [2.05, 4.69) is 66.2 Å². The summed E-state index contributed by atoms with van der Waals surface area (Å²) in [5, 5.41) is 19.0. The van der Waals surface area contributed by atoms with Crippen LogP contribution in [-0.4, -0.2) is 32.1 Å². The summed E-state index contributed by atoms with van der Waals surface area (Å²) in [4.78, 5) is 12.8. The second-order valence-corrected chi connectivity index (χ2v) is 10.7. The monoisotopic (exact) mass is 584 g/mol. The molecule has 4 aromatic carbocycles. The number of benzene rings is 4. The Morgan fingerprint density at radius 2 is 1.76 bits per heavy atom.